The van der Waals surface area contributed by atoms with Crippen LogP contribution in [-0.2, 0) is 9.53 Å². The highest BCUT2D eigenvalue weighted by Gasteiger charge is 2.10. The quantitative estimate of drug-likeness (QED) is 0.332. The lowest BCUT2D eigenvalue weighted by Crippen LogP contribution is -2.36. The van der Waals surface area contributed by atoms with E-state index >= 15 is 0 Å². The topological polar surface area (TPSA) is 97.1 Å². The molecule has 9 heteroatoms. The smallest absolute Gasteiger partial charge is 0.269 e. The monoisotopic (exact) mass is 400 g/mol. The number of benzene rings is 2. The summed E-state index contributed by atoms with van der Waals surface area (Å²) in [4.78, 5) is 25.1. The molecule has 1 aliphatic heterocycles. The summed E-state index contributed by atoms with van der Waals surface area (Å²) in [6, 6.07) is 14.0. The fraction of sp³-hybridized carbons (Fsp3) is 0.263. The number of anilines is 1. The van der Waals surface area contributed by atoms with Gasteiger partial charge in [0, 0.05) is 35.8 Å². The Kier molecular flexibility index (Phi) is 6.99. The maximum Gasteiger partial charge on any atom is 0.269 e. The number of carbonyl (C=O) groups excluding carboxylic acids is 1. The number of nitro groups is 1. The van der Waals surface area contributed by atoms with Crippen molar-refractivity contribution in [1.82, 2.24) is 5.43 Å². The van der Waals surface area contributed by atoms with Crippen molar-refractivity contribution in [2.45, 2.75) is 4.90 Å². The van der Waals surface area contributed by atoms with Crippen LogP contribution in [0.5, 0.6) is 0 Å². The van der Waals surface area contributed by atoms with Gasteiger partial charge < -0.3 is 9.64 Å². The number of nitro benzene ring substituents is 1. The molecule has 1 amide bonds. The Balaban J connectivity index is 1.43. The van der Waals surface area contributed by atoms with E-state index in [2.05, 4.69) is 15.4 Å². The molecule has 0 atom stereocenters. The van der Waals surface area contributed by atoms with E-state index in [9.17, 15) is 14.9 Å². The van der Waals surface area contributed by atoms with Gasteiger partial charge in [0.15, 0.2) is 0 Å². The summed E-state index contributed by atoms with van der Waals surface area (Å²) in [6.45, 7) is 3.26. The van der Waals surface area contributed by atoms with E-state index in [0.29, 0.717) is 0 Å². The number of hydrogen-bond acceptors (Lipinski definition) is 7. The summed E-state index contributed by atoms with van der Waals surface area (Å²) in [5, 5.41) is 14.6. The van der Waals surface area contributed by atoms with Gasteiger partial charge in [0.1, 0.15) is 0 Å². The Morgan fingerprint density at radius 1 is 1.18 bits per heavy atom. The second kappa shape index (κ2) is 9.86. The highest BCUT2D eigenvalue weighted by Crippen LogP contribution is 2.21. The van der Waals surface area contributed by atoms with Crippen molar-refractivity contribution in [3.8, 4) is 0 Å². The largest absolute Gasteiger partial charge is 0.378 e. The van der Waals surface area contributed by atoms with Gasteiger partial charge in [-0.25, -0.2) is 5.43 Å². The highest BCUT2D eigenvalue weighted by molar-refractivity contribution is 8.00. The van der Waals surface area contributed by atoms with Crippen LogP contribution in [0.25, 0.3) is 0 Å². The van der Waals surface area contributed by atoms with E-state index in [1.807, 2.05) is 24.3 Å². The molecule has 0 spiro atoms. The Hall–Kier alpha value is -2.91. The summed E-state index contributed by atoms with van der Waals surface area (Å²) in [5.41, 5.74) is 4.54. The van der Waals surface area contributed by atoms with Crippen molar-refractivity contribution < 1.29 is 14.5 Å². The molecule has 1 saturated heterocycles. The van der Waals surface area contributed by atoms with Crippen LogP contribution in [0.2, 0.25) is 0 Å². The summed E-state index contributed by atoms with van der Waals surface area (Å²) in [6.07, 6.45) is 1.59. The molecule has 0 bridgehead atoms. The van der Waals surface area contributed by atoms with Gasteiger partial charge >= 0.3 is 0 Å². The summed E-state index contributed by atoms with van der Waals surface area (Å²) < 4.78 is 5.35. The molecule has 1 N–H and O–H groups in total. The third kappa shape index (κ3) is 5.80. The van der Waals surface area contributed by atoms with Crippen LogP contribution in [0.15, 0.2) is 58.5 Å². The number of carbonyl (C=O) groups is 1. The number of amides is 1. The summed E-state index contributed by atoms with van der Waals surface area (Å²) in [5.74, 6) is -0.0741. The van der Waals surface area contributed by atoms with Gasteiger partial charge in [0.05, 0.1) is 30.1 Å². The van der Waals surface area contributed by atoms with Gasteiger partial charge in [0.2, 0.25) is 5.91 Å². The zero-order valence-electron chi connectivity index (χ0n) is 15.1. The Labute approximate surface area is 166 Å². The second-order valence-corrected chi connectivity index (χ2v) is 7.07. The molecular weight excluding hydrogens is 380 g/mol. The third-order valence-electron chi connectivity index (χ3n) is 4.09. The van der Waals surface area contributed by atoms with E-state index in [1.165, 1.54) is 23.9 Å². The first-order valence-electron chi connectivity index (χ1n) is 8.74. The normalized spacial score (nSPS) is 14.2. The minimum absolute atomic E-state index is 0.0260. The Bertz CT molecular complexity index is 834. The molecule has 1 aliphatic rings. The Morgan fingerprint density at radius 2 is 1.86 bits per heavy atom. The van der Waals surface area contributed by atoms with Crippen molar-refractivity contribution >= 4 is 35.3 Å². The molecule has 2 aromatic carbocycles. The first-order chi connectivity index (χ1) is 13.6. The van der Waals surface area contributed by atoms with Crippen molar-refractivity contribution in [3.63, 3.8) is 0 Å². The number of thioether (sulfide) groups is 1. The van der Waals surface area contributed by atoms with Gasteiger partial charge in [-0.3, -0.25) is 14.9 Å². The molecule has 146 valence electrons. The molecule has 0 radical (unpaired) electrons. The minimum atomic E-state index is -0.455. The average molecular weight is 400 g/mol. The second-order valence-electron chi connectivity index (χ2n) is 6.02. The maximum atomic E-state index is 11.9. The van der Waals surface area contributed by atoms with Crippen LogP contribution in [-0.4, -0.2) is 49.1 Å². The zero-order chi connectivity index (χ0) is 19.8. The fourth-order valence-electron chi connectivity index (χ4n) is 2.62. The summed E-state index contributed by atoms with van der Waals surface area (Å²) >= 11 is 1.29. The van der Waals surface area contributed by atoms with E-state index < -0.39 is 4.92 Å². The van der Waals surface area contributed by atoms with Crippen LogP contribution in [0, 0.1) is 10.1 Å². The molecule has 0 unspecified atom stereocenters. The lowest BCUT2D eigenvalue weighted by atomic mass is 10.2. The van der Waals surface area contributed by atoms with E-state index in [-0.39, 0.29) is 17.3 Å². The predicted octanol–water partition coefficient (Wildman–Crippen LogP) is 2.67. The molecule has 2 aromatic rings. The lowest BCUT2D eigenvalue weighted by molar-refractivity contribution is -0.384. The van der Waals surface area contributed by atoms with Crippen LogP contribution >= 0.6 is 11.8 Å². The number of hydrazone groups is 1. The maximum absolute atomic E-state index is 11.9. The molecule has 0 aromatic heterocycles. The van der Waals surface area contributed by atoms with Gasteiger partial charge in [-0.1, -0.05) is 12.1 Å². The number of nitrogens with zero attached hydrogens (tertiary/aromatic N) is 3. The van der Waals surface area contributed by atoms with Crippen LogP contribution < -0.4 is 10.3 Å². The number of rotatable bonds is 7. The summed E-state index contributed by atoms with van der Waals surface area (Å²) in [7, 11) is 0. The van der Waals surface area contributed by atoms with Crippen LogP contribution in [0.4, 0.5) is 11.4 Å². The van der Waals surface area contributed by atoms with Gasteiger partial charge in [0.25, 0.3) is 5.69 Å². The molecule has 3 rings (SSSR count). The van der Waals surface area contributed by atoms with Crippen molar-refractivity contribution in [2.24, 2.45) is 5.10 Å². The highest BCUT2D eigenvalue weighted by atomic mass is 32.2. The number of ether oxygens (including phenoxy) is 1. The standard InChI is InChI=1S/C19H20N4O4S/c24-19(14-28-18-7-5-17(6-8-18)23(25)26)21-20-13-15-1-3-16(4-2-15)22-9-11-27-12-10-22/h1-8,13H,9-12,14H2,(H,21,24)/b20-13-. The first-order valence-corrected chi connectivity index (χ1v) is 9.72. The number of non-ortho nitro benzene ring substituents is 1. The average Bonchev–Trinajstić information content (AvgIpc) is 2.74. The molecule has 1 fully saturated rings. The number of nitrogens with one attached hydrogen (secondary N) is 1. The lowest BCUT2D eigenvalue weighted by Gasteiger charge is -2.28. The van der Waals surface area contributed by atoms with Gasteiger partial charge in [-0.15, -0.1) is 11.8 Å². The number of hydrogen-bond donors (Lipinski definition) is 1. The van der Waals surface area contributed by atoms with Crippen molar-refractivity contribution in [3.05, 3.63) is 64.2 Å². The zero-order valence-corrected chi connectivity index (χ0v) is 15.9. The molecule has 0 saturated carbocycles. The molecular formula is C19H20N4O4S. The minimum Gasteiger partial charge on any atom is -0.378 e. The van der Waals surface area contributed by atoms with Crippen molar-refractivity contribution in [1.29, 1.82) is 0 Å². The van der Waals surface area contributed by atoms with Crippen molar-refractivity contribution in [2.75, 3.05) is 37.0 Å². The SMILES string of the molecule is O=C(CSc1ccc([N+](=O)[O-])cc1)N/N=C\c1ccc(N2CCOCC2)cc1. The molecule has 28 heavy (non-hydrogen) atoms. The Morgan fingerprint density at radius 3 is 2.50 bits per heavy atom. The number of morpholine rings is 1. The van der Waals surface area contributed by atoms with Crippen LogP contribution in [0.3, 0.4) is 0 Å². The van der Waals surface area contributed by atoms with Gasteiger partial charge in [-0.05, 0) is 29.8 Å². The van der Waals surface area contributed by atoms with Gasteiger partial charge in [-0.2, -0.15) is 5.10 Å². The van der Waals surface area contributed by atoms with Crippen LogP contribution in [0.1, 0.15) is 5.56 Å². The molecule has 1 heterocycles. The predicted molar refractivity (Wildman–Crippen MR) is 109 cm³/mol. The third-order valence-corrected chi connectivity index (χ3v) is 5.10. The molecule has 8 nitrogen and oxygen atoms in total. The first kappa shape index (κ1) is 19.8. The van der Waals surface area contributed by atoms with E-state index in [4.69, 9.17) is 4.74 Å². The van der Waals surface area contributed by atoms with E-state index in [0.717, 1.165) is 42.4 Å². The van der Waals surface area contributed by atoms with E-state index in [1.54, 1.807) is 18.3 Å². The molecule has 0 aliphatic carbocycles. The fourth-order valence-corrected chi connectivity index (χ4v) is 3.31.